The molecule has 0 bridgehead atoms. The largest absolute Gasteiger partial charge is 0.363 e. The standard InChI is InChI=1S/C20H23N3O/c1-4-11-21-19(24)14-9-10-18(22-13-14)23-17-12-20(2,3)16-8-6-5-7-15(16)17/h4-10,13,17H,1,11-12H2,2-3H3,(H,21,24)(H,22,23). The van der Waals surface area contributed by atoms with Crippen LogP contribution in [0.4, 0.5) is 5.82 Å². The lowest BCUT2D eigenvalue weighted by Crippen LogP contribution is -2.23. The Labute approximate surface area is 143 Å². The van der Waals surface area contributed by atoms with Crippen molar-refractivity contribution in [2.24, 2.45) is 0 Å². The summed E-state index contributed by atoms with van der Waals surface area (Å²) in [6.45, 7) is 8.58. The maximum atomic E-state index is 11.9. The minimum Gasteiger partial charge on any atom is -0.363 e. The predicted molar refractivity (Wildman–Crippen MR) is 97.2 cm³/mol. The quantitative estimate of drug-likeness (QED) is 0.823. The summed E-state index contributed by atoms with van der Waals surface area (Å²) in [6.07, 6.45) is 4.28. The first kappa shape index (κ1) is 16.2. The van der Waals surface area contributed by atoms with Crippen LogP contribution in [0.15, 0.2) is 55.3 Å². The lowest BCUT2D eigenvalue weighted by molar-refractivity contribution is 0.0957. The van der Waals surface area contributed by atoms with Gasteiger partial charge in [-0.15, -0.1) is 6.58 Å². The van der Waals surface area contributed by atoms with E-state index in [1.165, 1.54) is 11.1 Å². The van der Waals surface area contributed by atoms with Gasteiger partial charge in [-0.3, -0.25) is 4.79 Å². The van der Waals surface area contributed by atoms with Gasteiger partial charge in [0.05, 0.1) is 11.6 Å². The minimum absolute atomic E-state index is 0.138. The summed E-state index contributed by atoms with van der Waals surface area (Å²) in [5, 5.41) is 6.25. The normalized spacial score (nSPS) is 17.8. The number of rotatable bonds is 5. The lowest BCUT2D eigenvalue weighted by atomic mass is 9.86. The molecule has 0 aliphatic heterocycles. The van der Waals surface area contributed by atoms with Gasteiger partial charge in [0.15, 0.2) is 0 Å². The first-order chi connectivity index (χ1) is 11.5. The fourth-order valence-electron chi connectivity index (χ4n) is 3.34. The molecular formula is C20H23N3O. The van der Waals surface area contributed by atoms with Gasteiger partial charge in [0, 0.05) is 12.7 Å². The van der Waals surface area contributed by atoms with Crippen LogP contribution in [0.1, 0.15) is 47.8 Å². The van der Waals surface area contributed by atoms with Crippen molar-refractivity contribution in [1.29, 1.82) is 0 Å². The van der Waals surface area contributed by atoms with E-state index in [9.17, 15) is 4.79 Å². The molecule has 1 heterocycles. The van der Waals surface area contributed by atoms with E-state index in [-0.39, 0.29) is 17.4 Å². The second-order valence-electron chi connectivity index (χ2n) is 6.80. The SMILES string of the molecule is C=CCNC(=O)c1ccc(NC2CC(C)(C)c3ccccc32)nc1. The first-order valence-electron chi connectivity index (χ1n) is 8.22. The lowest BCUT2D eigenvalue weighted by Gasteiger charge is -2.19. The number of carbonyl (C=O) groups excluding carboxylic acids is 1. The predicted octanol–water partition coefficient (Wildman–Crippen LogP) is 3.83. The highest BCUT2D eigenvalue weighted by Crippen LogP contribution is 2.45. The van der Waals surface area contributed by atoms with E-state index in [1.54, 1.807) is 18.3 Å². The third kappa shape index (κ3) is 3.18. The molecule has 0 saturated heterocycles. The molecule has 4 nitrogen and oxygen atoms in total. The molecule has 3 rings (SSSR count). The van der Waals surface area contributed by atoms with Crippen LogP contribution in [-0.2, 0) is 5.41 Å². The Kier molecular flexibility index (Phi) is 4.38. The third-order valence-electron chi connectivity index (χ3n) is 4.53. The summed E-state index contributed by atoms with van der Waals surface area (Å²) in [6, 6.07) is 12.4. The van der Waals surface area contributed by atoms with Crippen molar-refractivity contribution in [2.45, 2.75) is 31.7 Å². The number of nitrogens with one attached hydrogen (secondary N) is 2. The number of fused-ring (bicyclic) bond motifs is 1. The van der Waals surface area contributed by atoms with Gasteiger partial charge in [0.25, 0.3) is 5.91 Å². The van der Waals surface area contributed by atoms with E-state index in [4.69, 9.17) is 0 Å². The average Bonchev–Trinajstić information content (AvgIpc) is 2.84. The molecule has 1 aliphatic rings. The summed E-state index contributed by atoms with van der Waals surface area (Å²) >= 11 is 0. The molecule has 124 valence electrons. The van der Waals surface area contributed by atoms with Crippen LogP contribution in [0.2, 0.25) is 0 Å². The number of anilines is 1. The molecule has 2 aromatic rings. The van der Waals surface area contributed by atoms with Crippen LogP contribution in [0, 0.1) is 0 Å². The molecule has 0 radical (unpaired) electrons. The fraction of sp³-hybridized carbons (Fsp3) is 0.300. The first-order valence-corrected chi connectivity index (χ1v) is 8.22. The topological polar surface area (TPSA) is 54.0 Å². The van der Waals surface area contributed by atoms with Gasteiger partial charge < -0.3 is 10.6 Å². The molecule has 1 atom stereocenters. The van der Waals surface area contributed by atoms with Crippen molar-refractivity contribution in [1.82, 2.24) is 10.3 Å². The van der Waals surface area contributed by atoms with Gasteiger partial charge >= 0.3 is 0 Å². The van der Waals surface area contributed by atoms with Crippen LogP contribution in [0.3, 0.4) is 0 Å². The summed E-state index contributed by atoms with van der Waals surface area (Å²) < 4.78 is 0. The molecule has 0 fully saturated rings. The number of benzene rings is 1. The van der Waals surface area contributed by atoms with Gasteiger partial charge in [0.2, 0.25) is 0 Å². The molecule has 1 aliphatic carbocycles. The molecule has 4 heteroatoms. The summed E-state index contributed by atoms with van der Waals surface area (Å²) in [7, 11) is 0. The van der Waals surface area contributed by atoms with Crippen LogP contribution < -0.4 is 10.6 Å². The van der Waals surface area contributed by atoms with Crippen molar-refractivity contribution in [3.63, 3.8) is 0 Å². The highest BCUT2D eigenvalue weighted by molar-refractivity contribution is 5.94. The van der Waals surface area contributed by atoms with Gasteiger partial charge in [0.1, 0.15) is 5.82 Å². The van der Waals surface area contributed by atoms with Crippen LogP contribution >= 0.6 is 0 Å². The highest BCUT2D eigenvalue weighted by Gasteiger charge is 2.36. The zero-order chi connectivity index (χ0) is 17.2. The molecule has 24 heavy (non-hydrogen) atoms. The van der Waals surface area contributed by atoms with Gasteiger partial charge in [-0.2, -0.15) is 0 Å². The Bertz CT molecular complexity index is 750. The van der Waals surface area contributed by atoms with Crippen LogP contribution in [-0.4, -0.2) is 17.4 Å². The Morgan fingerprint density at radius 3 is 2.83 bits per heavy atom. The second kappa shape index (κ2) is 6.48. The number of hydrogen-bond donors (Lipinski definition) is 2. The molecule has 1 aromatic heterocycles. The zero-order valence-corrected chi connectivity index (χ0v) is 14.2. The van der Waals surface area contributed by atoms with E-state index in [2.05, 4.69) is 60.3 Å². The number of nitrogens with zero attached hydrogens (tertiary/aromatic N) is 1. The Balaban J connectivity index is 1.73. The number of pyridine rings is 1. The minimum atomic E-state index is -0.138. The van der Waals surface area contributed by atoms with Crippen molar-refractivity contribution < 1.29 is 4.79 Å². The molecule has 0 spiro atoms. The van der Waals surface area contributed by atoms with E-state index < -0.39 is 0 Å². The highest BCUT2D eigenvalue weighted by atomic mass is 16.1. The van der Waals surface area contributed by atoms with E-state index in [0.717, 1.165) is 12.2 Å². The number of hydrogen-bond acceptors (Lipinski definition) is 3. The van der Waals surface area contributed by atoms with Crippen LogP contribution in [0.5, 0.6) is 0 Å². The van der Waals surface area contributed by atoms with Crippen molar-refractivity contribution in [2.75, 3.05) is 11.9 Å². The van der Waals surface area contributed by atoms with Gasteiger partial charge in [-0.05, 0) is 35.1 Å². The molecular weight excluding hydrogens is 298 g/mol. The number of aromatic nitrogens is 1. The van der Waals surface area contributed by atoms with Crippen LogP contribution in [0.25, 0.3) is 0 Å². The summed E-state index contributed by atoms with van der Waals surface area (Å²) in [5.41, 5.74) is 3.42. The third-order valence-corrected chi connectivity index (χ3v) is 4.53. The fourth-order valence-corrected chi connectivity index (χ4v) is 3.34. The zero-order valence-electron chi connectivity index (χ0n) is 14.2. The van der Waals surface area contributed by atoms with E-state index >= 15 is 0 Å². The Morgan fingerprint density at radius 1 is 1.33 bits per heavy atom. The summed E-state index contributed by atoms with van der Waals surface area (Å²) in [4.78, 5) is 16.3. The van der Waals surface area contributed by atoms with Crippen molar-refractivity contribution in [3.05, 3.63) is 71.9 Å². The molecule has 2 N–H and O–H groups in total. The van der Waals surface area contributed by atoms with E-state index in [1.807, 2.05) is 6.07 Å². The number of carbonyl (C=O) groups is 1. The maximum Gasteiger partial charge on any atom is 0.253 e. The van der Waals surface area contributed by atoms with E-state index in [0.29, 0.717) is 12.1 Å². The smallest absolute Gasteiger partial charge is 0.253 e. The van der Waals surface area contributed by atoms with Crippen molar-refractivity contribution >= 4 is 11.7 Å². The number of amides is 1. The Hall–Kier alpha value is -2.62. The second-order valence-corrected chi connectivity index (χ2v) is 6.80. The summed E-state index contributed by atoms with van der Waals surface area (Å²) in [5.74, 6) is 0.647. The van der Waals surface area contributed by atoms with Gasteiger partial charge in [-0.1, -0.05) is 44.2 Å². The molecule has 1 aromatic carbocycles. The molecule has 0 saturated carbocycles. The Morgan fingerprint density at radius 2 is 2.12 bits per heavy atom. The molecule has 1 amide bonds. The molecule has 1 unspecified atom stereocenters. The monoisotopic (exact) mass is 321 g/mol. The maximum absolute atomic E-state index is 11.9. The van der Waals surface area contributed by atoms with Gasteiger partial charge in [-0.25, -0.2) is 4.98 Å². The average molecular weight is 321 g/mol. The van der Waals surface area contributed by atoms with Crippen molar-refractivity contribution in [3.8, 4) is 0 Å².